The minimum absolute atomic E-state index is 0.00843. The van der Waals surface area contributed by atoms with Crippen LogP contribution in [0.4, 0.5) is 0 Å². The van der Waals surface area contributed by atoms with Gasteiger partial charge in [-0.15, -0.1) is 0 Å². The number of likely N-dealkylation sites (tertiary alicyclic amines) is 1. The smallest absolute Gasteiger partial charge is 0.224 e. The Kier molecular flexibility index (Phi) is 5.41. The highest BCUT2D eigenvalue weighted by molar-refractivity contribution is 5.89. The van der Waals surface area contributed by atoms with Gasteiger partial charge in [-0.1, -0.05) is 12.1 Å². The predicted molar refractivity (Wildman–Crippen MR) is 97.4 cm³/mol. The van der Waals surface area contributed by atoms with Crippen LogP contribution in [0.1, 0.15) is 42.4 Å². The average molecular weight is 342 g/mol. The highest BCUT2D eigenvalue weighted by atomic mass is 16.3. The van der Waals surface area contributed by atoms with Crippen LogP contribution in [0.25, 0.3) is 11.0 Å². The topological polar surface area (TPSA) is 62.6 Å². The number of nitrogens with zero attached hydrogens (tertiary/aromatic N) is 1. The third-order valence-corrected chi connectivity index (χ3v) is 5.04. The summed E-state index contributed by atoms with van der Waals surface area (Å²) in [5, 5.41) is 3.96. The van der Waals surface area contributed by atoms with Crippen LogP contribution >= 0.6 is 0 Å². The number of furan rings is 1. The van der Waals surface area contributed by atoms with Crippen molar-refractivity contribution in [2.75, 3.05) is 19.6 Å². The third kappa shape index (κ3) is 4.03. The minimum atomic E-state index is -0.00843. The molecule has 2 aromatic rings. The summed E-state index contributed by atoms with van der Waals surface area (Å²) < 4.78 is 5.65. The summed E-state index contributed by atoms with van der Waals surface area (Å²) in [6, 6.07) is 4.08. The number of carbonyl (C=O) groups is 2. The summed E-state index contributed by atoms with van der Waals surface area (Å²) in [5.41, 5.74) is 4.09. The number of hydrogen-bond donors (Lipinski definition) is 1. The monoisotopic (exact) mass is 342 g/mol. The maximum Gasteiger partial charge on any atom is 0.224 e. The molecule has 0 atom stereocenters. The van der Waals surface area contributed by atoms with E-state index in [9.17, 15) is 9.59 Å². The molecule has 1 N–H and O–H groups in total. The number of benzene rings is 1. The van der Waals surface area contributed by atoms with Gasteiger partial charge in [0.15, 0.2) is 0 Å². The van der Waals surface area contributed by atoms with Crippen LogP contribution in [-0.2, 0) is 16.0 Å². The van der Waals surface area contributed by atoms with Gasteiger partial charge in [0.2, 0.25) is 11.8 Å². The van der Waals surface area contributed by atoms with Crippen LogP contribution in [0.3, 0.4) is 0 Å². The van der Waals surface area contributed by atoms with Gasteiger partial charge in [0.05, 0.1) is 12.7 Å². The van der Waals surface area contributed by atoms with Gasteiger partial charge >= 0.3 is 0 Å². The molecular weight excluding hydrogens is 316 g/mol. The fourth-order valence-corrected chi connectivity index (χ4v) is 3.36. The Morgan fingerprint density at radius 3 is 2.92 bits per heavy atom. The van der Waals surface area contributed by atoms with Crippen LogP contribution in [0, 0.1) is 13.8 Å². The second-order valence-corrected chi connectivity index (χ2v) is 6.86. The maximum absolute atomic E-state index is 12.2. The molecule has 1 aliphatic heterocycles. The van der Waals surface area contributed by atoms with Crippen molar-refractivity contribution in [3.8, 4) is 0 Å². The van der Waals surface area contributed by atoms with E-state index < -0.39 is 0 Å². The average Bonchev–Trinajstić information content (AvgIpc) is 3.00. The van der Waals surface area contributed by atoms with E-state index in [0.29, 0.717) is 19.4 Å². The Labute approximate surface area is 148 Å². The Morgan fingerprint density at radius 2 is 2.12 bits per heavy atom. The first-order valence-corrected chi connectivity index (χ1v) is 9.07. The molecule has 5 nitrogen and oxygen atoms in total. The van der Waals surface area contributed by atoms with Gasteiger partial charge in [0, 0.05) is 37.0 Å². The van der Waals surface area contributed by atoms with Gasteiger partial charge in [-0.3, -0.25) is 9.59 Å². The van der Waals surface area contributed by atoms with Crippen LogP contribution in [0.2, 0.25) is 0 Å². The highest BCUT2D eigenvalue weighted by Gasteiger charge is 2.17. The summed E-state index contributed by atoms with van der Waals surface area (Å²) in [7, 11) is 0. The predicted octanol–water partition coefficient (Wildman–Crippen LogP) is 3.11. The van der Waals surface area contributed by atoms with E-state index in [-0.39, 0.29) is 11.8 Å². The van der Waals surface area contributed by atoms with E-state index in [4.69, 9.17) is 4.42 Å². The molecular formula is C20H26N2O3. The number of carbonyl (C=O) groups excluding carboxylic acids is 2. The molecule has 1 fully saturated rings. The normalized spacial score (nSPS) is 15.0. The van der Waals surface area contributed by atoms with Crippen LogP contribution in [0.15, 0.2) is 22.8 Å². The van der Waals surface area contributed by atoms with E-state index >= 15 is 0 Å². The second-order valence-electron chi connectivity index (χ2n) is 6.86. The lowest BCUT2D eigenvalue weighted by Crippen LogP contribution is -2.37. The lowest BCUT2D eigenvalue weighted by atomic mass is 10.0. The van der Waals surface area contributed by atoms with Crippen molar-refractivity contribution < 1.29 is 14.0 Å². The SMILES string of the molecule is Cc1ccc2c(CC(=O)NCCCN3CCCCC3=O)coc2c1C. The number of hydrogen-bond acceptors (Lipinski definition) is 3. The Morgan fingerprint density at radius 1 is 1.28 bits per heavy atom. The molecule has 1 saturated heterocycles. The number of aryl methyl sites for hydroxylation is 2. The van der Waals surface area contributed by atoms with Crippen molar-refractivity contribution in [2.24, 2.45) is 0 Å². The van der Waals surface area contributed by atoms with Gasteiger partial charge in [0.1, 0.15) is 5.58 Å². The molecule has 0 saturated carbocycles. The Hall–Kier alpha value is -2.30. The lowest BCUT2D eigenvalue weighted by Gasteiger charge is -2.26. The van der Waals surface area contributed by atoms with Crippen molar-refractivity contribution in [1.29, 1.82) is 0 Å². The fourth-order valence-electron chi connectivity index (χ4n) is 3.36. The summed E-state index contributed by atoms with van der Waals surface area (Å²) >= 11 is 0. The summed E-state index contributed by atoms with van der Waals surface area (Å²) in [6.45, 7) is 6.26. The lowest BCUT2D eigenvalue weighted by molar-refractivity contribution is -0.133. The molecule has 1 aliphatic rings. The molecule has 2 heterocycles. The minimum Gasteiger partial charge on any atom is -0.464 e. The fraction of sp³-hybridized carbons (Fsp3) is 0.500. The molecule has 5 heteroatoms. The molecule has 134 valence electrons. The van der Waals surface area contributed by atoms with Crippen LogP contribution < -0.4 is 5.32 Å². The number of rotatable bonds is 6. The molecule has 0 bridgehead atoms. The zero-order valence-corrected chi connectivity index (χ0v) is 15.1. The first-order chi connectivity index (χ1) is 12.1. The van der Waals surface area contributed by atoms with E-state index in [1.54, 1.807) is 6.26 Å². The number of nitrogens with one attached hydrogen (secondary N) is 1. The largest absolute Gasteiger partial charge is 0.464 e. The van der Waals surface area contributed by atoms with E-state index in [1.165, 1.54) is 5.56 Å². The zero-order chi connectivity index (χ0) is 17.8. The molecule has 0 spiro atoms. The molecule has 0 aliphatic carbocycles. The number of amides is 2. The molecule has 25 heavy (non-hydrogen) atoms. The zero-order valence-electron chi connectivity index (χ0n) is 15.1. The van der Waals surface area contributed by atoms with E-state index in [2.05, 4.69) is 18.3 Å². The van der Waals surface area contributed by atoms with Crippen molar-refractivity contribution >= 4 is 22.8 Å². The van der Waals surface area contributed by atoms with Crippen LogP contribution in [-0.4, -0.2) is 36.3 Å². The Balaban J connectivity index is 1.48. The third-order valence-electron chi connectivity index (χ3n) is 5.04. The number of piperidine rings is 1. The quantitative estimate of drug-likeness (QED) is 0.821. The molecule has 0 unspecified atom stereocenters. The molecule has 1 aromatic carbocycles. The van der Waals surface area contributed by atoms with E-state index in [0.717, 1.165) is 54.4 Å². The number of fused-ring (bicyclic) bond motifs is 1. The van der Waals surface area contributed by atoms with Gasteiger partial charge in [-0.2, -0.15) is 0 Å². The Bertz CT molecular complexity index is 779. The first kappa shape index (κ1) is 17.5. The van der Waals surface area contributed by atoms with Crippen molar-refractivity contribution in [3.05, 3.63) is 35.1 Å². The van der Waals surface area contributed by atoms with E-state index in [1.807, 2.05) is 17.9 Å². The van der Waals surface area contributed by atoms with Gasteiger partial charge < -0.3 is 14.6 Å². The van der Waals surface area contributed by atoms with Gasteiger partial charge in [-0.05, 0) is 44.2 Å². The molecule has 0 radical (unpaired) electrons. The summed E-state index contributed by atoms with van der Waals surface area (Å²) in [6.07, 6.45) is 5.55. The van der Waals surface area contributed by atoms with Gasteiger partial charge in [-0.25, -0.2) is 0 Å². The summed E-state index contributed by atoms with van der Waals surface area (Å²) in [4.78, 5) is 25.8. The second kappa shape index (κ2) is 7.72. The van der Waals surface area contributed by atoms with Gasteiger partial charge in [0.25, 0.3) is 0 Å². The van der Waals surface area contributed by atoms with Crippen molar-refractivity contribution in [2.45, 2.75) is 46.0 Å². The van der Waals surface area contributed by atoms with Crippen LogP contribution in [0.5, 0.6) is 0 Å². The summed E-state index contributed by atoms with van der Waals surface area (Å²) in [5.74, 6) is 0.235. The molecule has 2 amide bonds. The highest BCUT2D eigenvalue weighted by Crippen LogP contribution is 2.26. The molecule has 1 aromatic heterocycles. The standard InChI is InChI=1S/C20H26N2O3/c1-14-7-8-17-16(13-25-20(17)15(14)2)12-18(23)21-9-5-11-22-10-4-3-6-19(22)24/h7-8,13H,3-6,9-12H2,1-2H3,(H,21,23). The first-order valence-electron chi connectivity index (χ1n) is 9.07. The maximum atomic E-state index is 12.2. The van der Waals surface area contributed by atoms with Crippen molar-refractivity contribution in [3.63, 3.8) is 0 Å². The van der Waals surface area contributed by atoms with Crippen molar-refractivity contribution in [1.82, 2.24) is 10.2 Å². The molecule has 3 rings (SSSR count).